The van der Waals surface area contributed by atoms with E-state index in [1.54, 1.807) is 19.4 Å². The third kappa shape index (κ3) is 2.56. The van der Waals surface area contributed by atoms with Gasteiger partial charge in [0.2, 0.25) is 5.95 Å². The Morgan fingerprint density at radius 3 is 2.68 bits per heavy atom. The second kappa shape index (κ2) is 5.72. The Labute approximate surface area is 127 Å². The van der Waals surface area contributed by atoms with Gasteiger partial charge in [0.05, 0.1) is 19.0 Å². The molecule has 0 aliphatic heterocycles. The van der Waals surface area contributed by atoms with Crippen molar-refractivity contribution in [1.29, 1.82) is 0 Å². The van der Waals surface area contributed by atoms with E-state index in [9.17, 15) is 4.79 Å². The Hall–Kier alpha value is -3.09. The summed E-state index contributed by atoms with van der Waals surface area (Å²) in [5, 5.41) is 9.11. The molecule has 7 heteroatoms. The fraction of sp³-hybridized carbons (Fsp3) is 0.133. The fourth-order valence-corrected chi connectivity index (χ4v) is 2.11. The molecule has 1 amide bonds. The maximum absolute atomic E-state index is 12.0. The van der Waals surface area contributed by atoms with Crippen molar-refractivity contribution in [3.8, 4) is 17.0 Å². The van der Waals surface area contributed by atoms with Crippen LogP contribution in [-0.4, -0.2) is 32.8 Å². The number of hydrogen-bond acceptors (Lipinski definition) is 4. The average molecular weight is 297 g/mol. The van der Waals surface area contributed by atoms with Crippen LogP contribution in [0, 0.1) is 0 Å². The predicted octanol–water partition coefficient (Wildman–Crippen LogP) is 2.07. The highest BCUT2D eigenvalue weighted by molar-refractivity contribution is 6.01. The van der Waals surface area contributed by atoms with Crippen LogP contribution in [0.25, 0.3) is 11.3 Å². The smallest absolute Gasteiger partial charge is 0.275 e. The standard InChI is InChI=1S/C15H15N5O2/c1-20-13(10-3-5-11(22-2)6-4-10)9-16-15(20)18-14(21)12-7-8-17-19-12/h3-9H,1-2H3,(H,17,19)(H,16,18,21). The number of ether oxygens (including phenoxy) is 1. The number of anilines is 1. The molecule has 0 radical (unpaired) electrons. The highest BCUT2D eigenvalue weighted by atomic mass is 16.5. The first-order chi connectivity index (χ1) is 10.7. The maximum atomic E-state index is 12.0. The Bertz CT molecular complexity index is 775. The quantitative estimate of drug-likeness (QED) is 0.772. The molecule has 3 aromatic rings. The lowest BCUT2D eigenvalue weighted by molar-refractivity contribution is 0.102. The lowest BCUT2D eigenvalue weighted by Gasteiger charge is -2.07. The van der Waals surface area contributed by atoms with Crippen molar-refractivity contribution < 1.29 is 9.53 Å². The van der Waals surface area contributed by atoms with Gasteiger partial charge < -0.3 is 9.30 Å². The number of nitrogens with one attached hydrogen (secondary N) is 2. The van der Waals surface area contributed by atoms with Crippen molar-refractivity contribution in [1.82, 2.24) is 19.7 Å². The van der Waals surface area contributed by atoms with E-state index in [0.29, 0.717) is 11.6 Å². The molecule has 0 spiro atoms. The van der Waals surface area contributed by atoms with Gasteiger partial charge >= 0.3 is 0 Å². The zero-order valence-corrected chi connectivity index (χ0v) is 12.2. The second-order valence-corrected chi connectivity index (χ2v) is 4.68. The topological polar surface area (TPSA) is 84.8 Å². The Balaban J connectivity index is 1.83. The summed E-state index contributed by atoms with van der Waals surface area (Å²) in [6.07, 6.45) is 3.24. The molecular weight excluding hydrogens is 282 g/mol. The number of rotatable bonds is 4. The molecule has 0 aliphatic carbocycles. The second-order valence-electron chi connectivity index (χ2n) is 4.68. The number of imidazole rings is 1. The number of aromatic nitrogens is 4. The van der Waals surface area contributed by atoms with Crippen molar-refractivity contribution in [2.45, 2.75) is 0 Å². The molecule has 22 heavy (non-hydrogen) atoms. The van der Waals surface area contributed by atoms with Gasteiger partial charge in [-0.3, -0.25) is 15.2 Å². The number of benzene rings is 1. The molecule has 1 aromatic carbocycles. The fourth-order valence-electron chi connectivity index (χ4n) is 2.11. The number of methoxy groups -OCH3 is 1. The van der Waals surface area contributed by atoms with Crippen LogP contribution in [0.15, 0.2) is 42.7 Å². The summed E-state index contributed by atoms with van der Waals surface area (Å²) in [6, 6.07) is 9.24. The van der Waals surface area contributed by atoms with Crippen LogP contribution in [-0.2, 0) is 7.05 Å². The van der Waals surface area contributed by atoms with Crippen molar-refractivity contribution in [3.05, 3.63) is 48.4 Å². The van der Waals surface area contributed by atoms with E-state index >= 15 is 0 Å². The number of carbonyl (C=O) groups excluding carboxylic acids is 1. The normalized spacial score (nSPS) is 10.5. The highest BCUT2D eigenvalue weighted by Crippen LogP contribution is 2.24. The molecule has 3 rings (SSSR count). The summed E-state index contributed by atoms with van der Waals surface area (Å²) < 4.78 is 6.96. The SMILES string of the molecule is COc1ccc(-c2cnc(NC(=O)c3ccn[nH]3)n2C)cc1. The Morgan fingerprint density at radius 2 is 2.05 bits per heavy atom. The van der Waals surface area contributed by atoms with Gasteiger partial charge in [0.1, 0.15) is 11.4 Å². The van der Waals surface area contributed by atoms with Crippen LogP contribution in [0.3, 0.4) is 0 Å². The number of H-pyrrole nitrogens is 1. The largest absolute Gasteiger partial charge is 0.497 e. The lowest BCUT2D eigenvalue weighted by Crippen LogP contribution is -2.15. The van der Waals surface area contributed by atoms with E-state index in [1.165, 1.54) is 6.20 Å². The molecule has 2 aromatic heterocycles. The molecule has 0 aliphatic rings. The van der Waals surface area contributed by atoms with Crippen molar-refractivity contribution in [3.63, 3.8) is 0 Å². The summed E-state index contributed by atoms with van der Waals surface area (Å²) in [5.41, 5.74) is 2.26. The van der Waals surface area contributed by atoms with Gasteiger partial charge in [-0.1, -0.05) is 0 Å². The first-order valence-electron chi connectivity index (χ1n) is 6.66. The first kappa shape index (κ1) is 13.9. The minimum Gasteiger partial charge on any atom is -0.497 e. The molecule has 0 bridgehead atoms. The van der Waals surface area contributed by atoms with Gasteiger partial charge in [0.15, 0.2) is 0 Å². The summed E-state index contributed by atoms with van der Waals surface area (Å²) in [4.78, 5) is 16.3. The lowest BCUT2D eigenvalue weighted by atomic mass is 10.1. The average Bonchev–Trinajstić information content (AvgIpc) is 3.19. The van der Waals surface area contributed by atoms with E-state index in [2.05, 4.69) is 20.5 Å². The summed E-state index contributed by atoms with van der Waals surface area (Å²) >= 11 is 0. The Kier molecular flexibility index (Phi) is 3.61. The van der Waals surface area contributed by atoms with Gasteiger partial charge in [-0.15, -0.1) is 0 Å². The molecule has 0 saturated carbocycles. The van der Waals surface area contributed by atoms with E-state index in [-0.39, 0.29) is 5.91 Å². The molecule has 7 nitrogen and oxygen atoms in total. The number of carbonyl (C=O) groups is 1. The summed E-state index contributed by atoms with van der Waals surface area (Å²) in [7, 11) is 3.47. The van der Waals surface area contributed by atoms with Crippen molar-refractivity contribution in [2.75, 3.05) is 12.4 Å². The number of amides is 1. The van der Waals surface area contributed by atoms with Crippen LogP contribution in [0.5, 0.6) is 5.75 Å². The first-order valence-corrected chi connectivity index (χ1v) is 6.66. The van der Waals surface area contributed by atoms with Gasteiger partial charge in [0, 0.05) is 18.8 Å². The van der Waals surface area contributed by atoms with Crippen molar-refractivity contribution >= 4 is 11.9 Å². The van der Waals surface area contributed by atoms with Gasteiger partial charge in [0.25, 0.3) is 5.91 Å². The van der Waals surface area contributed by atoms with E-state index < -0.39 is 0 Å². The zero-order valence-electron chi connectivity index (χ0n) is 12.2. The van der Waals surface area contributed by atoms with E-state index in [0.717, 1.165) is 17.0 Å². The minimum absolute atomic E-state index is 0.285. The van der Waals surface area contributed by atoms with Gasteiger partial charge in [-0.05, 0) is 30.3 Å². The van der Waals surface area contributed by atoms with Crippen LogP contribution in [0.1, 0.15) is 10.5 Å². The van der Waals surface area contributed by atoms with Crippen LogP contribution in [0.2, 0.25) is 0 Å². The molecule has 0 fully saturated rings. The molecular formula is C15H15N5O2. The van der Waals surface area contributed by atoms with Gasteiger partial charge in [-0.2, -0.15) is 5.10 Å². The third-order valence-corrected chi connectivity index (χ3v) is 3.34. The number of hydrogen-bond donors (Lipinski definition) is 2. The molecule has 112 valence electrons. The van der Waals surface area contributed by atoms with Crippen LogP contribution < -0.4 is 10.1 Å². The van der Waals surface area contributed by atoms with Crippen molar-refractivity contribution in [2.24, 2.45) is 7.05 Å². The molecule has 2 N–H and O–H groups in total. The molecule has 0 unspecified atom stereocenters. The van der Waals surface area contributed by atoms with E-state index in [1.807, 2.05) is 35.9 Å². The molecule has 0 saturated heterocycles. The minimum atomic E-state index is -0.285. The van der Waals surface area contributed by atoms with Crippen LogP contribution in [0.4, 0.5) is 5.95 Å². The highest BCUT2D eigenvalue weighted by Gasteiger charge is 2.13. The maximum Gasteiger partial charge on any atom is 0.275 e. The zero-order chi connectivity index (χ0) is 15.5. The number of nitrogens with zero attached hydrogens (tertiary/aromatic N) is 3. The molecule has 0 atom stereocenters. The monoisotopic (exact) mass is 297 g/mol. The Morgan fingerprint density at radius 1 is 1.27 bits per heavy atom. The summed E-state index contributed by atoms with van der Waals surface area (Å²) in [5.74, 6) is 0.969. The molecule has 2 heterocycles. The van der Waals surface area contributed by atoms with E-state index in [4.69, 9.17) is 4.74 Å². The van der Waals surface area contributed by atoms with Gasteiger partial charge in [-0.25, -0.2) is 4.98 Å². The predicted molar refractivity (Wildman–Crippen MR) is 81.7 cm³/mol. The number of aromatic amines is 1. The van der Waals surface area contributed by atoms with Crippen LogP contribution >= 0.6 is 0 Å². The summed E-state index contributed by atoms with van der Waals surface area (Å²) in [6.45, 7) is 0. The third-order valence-electron chi connectivity index (χ3n) is 3.34.